The van der Waals surface area contributed by atoms with Crippen molar-refractivity contribution in [2.24, 2.45) is 11.3 Å². The molecular formula is C17H27N3O5. The van der Waals surface area contributed by atoms with Crippen LogP contribution in [0, 0.1) is 11.3 Å². The normalized spacial score (nSPS) is 28.2. The zero-order valence-electron chi connectivity index (χ0n) is 15.3. The summed E-state index contributed by atoms with van der Waals surface area (Å²) in [5.74, 6) is -1.52. The van der Waals surface area contributed by atoms with E-state index in [0.29, 0.717) is 18.8 Å². The fourth-order valence-corrected chi connectivity index (χ4v) is 4.29. The molecule has 140 valence electrons. The van der Waals surface area contributed by atoms with Crippen molar-refractivity contribution in [3.05, 3.63) is 0 Å². The molecule has 1 spiro atoms. The van der Waals surface area contributed by atoms with Crippen molar-refractivity contribution in [3.8, 4) is 0 Å². The van der Waals surface area contributed by atoms with Crippen LogP contribution in [0.3, 0.4) is 0 Å². The van der Waals surface area contributed by atoms with E-state index >= 15 is 0 Å². The van der Waals surface area contributed by atoms with Gasteiger partial charge in [0.1, 0.15) is 12.1 Å². The van der Waals surface area contributed by atoms with Gasteiger partial charge in [-0.1, -0.05) is 20.8 Å². The minimum absolute atomic E-state index is 0.0347. The first kappa shape index (κ1) is 19.2. The lowest BCUT2D eigenvalue weighted by molar-refractivity contribution is -0.141. The Kier molecular flexibility index (Phi) is 5.11. The molecule has 25 heavy (non-hydrogen) atoms. The molecule has 2 rings (SSSR count). The van der Waals surface area contributed by atoms with Gasteiger partial charge in [0, 0.05) is 13.6 Å². The number of carboxylic acid groups (broad SMARTS) is 1. The van der Waals surface area contributed by atoms with Gasteiger partial charge in [0.15, 0.2) is 0 Å². The zero-order valence-corrected chi connectivity index (χ0v) is 15.3. The SMILES string of the molecule is CC1CC(C)(C)CC2(C1)NC(=O)N(CC(=O)N(C)CCC(=O)O)C2=O. The Bertz CT molecular complexity index is 603. The van der Waals surface area contributed by atoms with Crippen LogP contribution in [-0.2, 0) is 14.4 Å². The molecular weight excluding hydrogens is 326 g/mol. The summed E-state index contributed by atoms with van der Waals surface area (Å²) in [6.45, 7) is 5.90. The van der Waals surface area contributed by atoms with Crippen molar-refractivity contribution >= 4 is 23.8 Å². The van der Waals surface area contributed by atoms with Gasteiger partial charge in [-0.05, 0) is 30.6 Å². The fourth-order valence-electron chi connectivity index (χ4n) is 4.29. The second kappa shape index (κ2) is 6.65. The van der Waals surface area contributed by atoms with Gasteiger partial charge >= 0.3 is 12.0 Å². The van der Waals surface area contributed by atoms with E-state index in [1.165, 1.54) is 11.9 Å². The highest BCUT2D eigenvalue weighted by atomic mass is 16.4. The zero-order chi connectivity index (χ0) is 19.0. The van der Waals surface area contributed by atoms with E-state index in [2.05, 4.69) is 26.1 Å². The van der Waals surface area contributed by atoms with E-state index < -0.39 is 23.4 Å². The molecule has 2 fully saturated rings. The summed E-state index contributed by atoms with van der Waals surface area (Å²) in [6, 6.07) is -0.546. The Labute approximate surface area is 147 Å². The summed E-state index contributed by atoms with van der Waals surface area (Å²) in [7, 11) is 1.46. The second-order valence-electron chi connectivity index (χ2n) is 8.22. The molecule has 2 N–H and O–H groups in total. The smallest absolute Gasteiger partial charge is 0.325 e. The summed E-state index contributed by atoms with van der Waals surface area (Å²) in [5, 5.41) is 11.5. The quantitative estimate of drug-likeness (QED) is 0.719. The van der Waals surface area contributed by atoms with Crippen molar-refractivity contribution in [1.29, 1.82) is 0 Å². The number of nitrogens with zero attached hydrogens (tertiary/aromatic N) is 2. The third kappa shape index (κ3) is 4.11. The molecule has 8 nitrogen and oxygen atoms in total. The summed E-state index contributed by atoms with van der Waals surface area (Å²) < 4.78 is 0. The van der Waals surface area contributed by atoms with E-state index in [0.717, 1.165) is 11.3 Å². The van der Waals surface area contributed by atoms with Gasteiger partial charge in [-0.3, -0.25) is 19.3 Å². The van der Waals surface area contributed by atoms with Crippen molar-refractivity contribution in [2.75, 3.05) is 20.1 Å². The minimum Gasteiger partial charge on any atom is -0.481 e. The number of carbonyl (C=O) groups is 4. The van der Waals surface area contributed by atoms with Crippen molar-refractivity contribution < 1.29 is 24.3 Å². The predicted octanol–water partition coefficient (Wildman–Crippen LogP) is 1.06. The monoisotopic (exact) mass is 353 g/mol. The number of urea groups is 1. The average molecular weight is 353 g/mol. The molecule has 8 heteroatoms. The lowest BCUT2D eigenvalue weighted by Crippen LogP contribution is -2.54. The highest BCUT2D eigenvalue weighted by molar-refractivity contribution is 6.09. The van der Waals surface area contributed by atoms with E-state index in [1.54, 1.807) is 0 Å². The van der Waals surface area contributed by atoms with Gasteiger partial charge in [-0.2, -0.15) is 0 Å². The van der Waals surface area contributed by atoms with Gasteiger partial charge in [-0.25, -0.2) is 4.79 Å². The van der Waals surface area contributed by atoms with Gasteiger partial charge < -0.3 is 15.3 Å². The van der Waals surface area contributed by atoms with Crippen LogP contribution in [-0.4, -0.2) is 64.4 Å². The molecule has 0 radical (unpaired) electrons. The number of nitrogens with one attached hydrogen (secondary N) is 1. The lowest BCUT2D eigenvalue weighted by atomic mass is 9.64. The van der Waals surface area contributed by atoms with Crippen LogP contribution in [0.4, 0.5) is 4.79 Å². The first-order chi connectivity index (χ1) is 11.5. The van der Waals surface area contributed by atoms with Crippen molar-refractivity contribution in [1.82, 2.24) is 15.1 Å². The number of carbonyl (C=O) groups excluding carboxylic acids is 3. The maximum Gasteiger partial charge on any atom is 0.325 e. The topological polar surface area (TPSA) is 107 Å². The van der Waals surface area contributed by atoms with Crippen LogP contribution in [0.2, 0.25) is 0 Å². The molecule has 0 aromatic carbocycles. The molecule has 0 aromatic rings. The Balaban J connectivity index is 2.08. The average Bonchev–Trinajstić information content (AvgIpc) is 2.66. The van der Waals surface area contributed by atoms with Gasteiger partial charge in [0.2, 0.25) is 5.91 Å². The Morgan fingerprint density at radius 1 is 1.32 bits per heavy atom. The molecule has 1 saturated carbocycles. The molecule has 2 atom stereocenters. The number of aliphatic carboxylic acids is 1. The summed E-state index contributed by atoms with van der Waals surface area (Å²) in [4.78, 5) is 50.3. The fraction of sp³-hybridized carbons (Fsp3) is 0.765. The Morgan fingerprint density at radius 2 is 1.96 bits per heavy atom. The van der Waals surface area contributed by atoms with Gasteiger partial charge in [0.05, 0.1) is 6.42 Å². The maximum absolute atomic E-state index is 12.9. The van der Waals surface area contributed by atoms with E-state index in [4.69, 9.17) is 5.11 Å². The van der Waals surface area contributed by atoms with Gasteiger partial charge in [0.25, 0.3) is 5.91 Å². The predicted molar refractivity (Wildman–Crippen MR) is 89.7 cm³/mol. The summed E-state index contributed by atoms with van der Waals surface area (Å²) in [6.07, 6.45) is 1.92. The lowest BCUT2D eigenvalue weighted by Gasteiger charge is -2.43. The van der Waals surface area contributed by atoms with E-state index in [1.807, 2.05) is 0 Å². The Morgan fingerprint density at radius 3 is 2.52 bits per heavy atom. The largest absolute Gasteiger partial charge is 0.481 e. The number of carboxylic acids is 1. The molecule has 0 aromatic heterocycles. The highest BCUT2D eigenvalue weighted by Crippen LogP contribution is 2.46. The van der Waals surface area contributed by atoms with E-state index in [9.17, 15) is 19.2 Å². The van der Waals surface area contributed by atoms with Crippen LogP contribution < -0.4 is 5.32 Å². The number of hydrogen-bond donors (Lipinski definition) is 2. The van der Waals surface area contributed by atoms with Crippen molar-refractivity contribution in [2.45, 2.75) is 52.0 Å². The summed E-state index contributed by atoms with van der Waals surface area (Å²) >= 11 is 0. The standard InChI is InChI=1S/C17H27N3O5/c1-11-7-16(2,3)10-17(8-11)14(24)20(15(25)18-17)9-12(21)19(4)6-5-13(22)23/h11H,5-10H2,1-4H3,(H,18,25)(H,22,23). The molecule has 4 amide bonds. The third-order valence-electron chi connectivity index (χ3n) is 5.00. The first-order valence-corrected chi connectivity index (χ1v) is 8.56. The molecule has 1 saturated heterocycles. The van der Waals surface area contributed by atoms with Crippen LogP contribution in [0.25, 0.3) is 0 Å². The van der Waals surface area contributed by atoms with Gasteiger partial charge in [-0.15, -0.1) is 0 Å². The maximum atomic E-state index is 12.9. The molecule has 1 heterocycles. The van der Waals surface area contributed by atoms with Crippen LogP contribution >= 0.6 is 0 Å². The molecule has 0 bridgehead atoms. The highest BCUT2D eigenvalue weighted by Gasteiger charge is 2.56. The first-order valence-electron chi connectivity index (χ1n) is 8.56. The second-order valence-corrected chi connectivity index (χ2v) is 8.22. The Hall–Kier alpha value is -2.12. The molecule has 2 unspecified atom stereocenters. The molecule has 1 aliphatic carbocycles. The third-order valence-corrected chi connectivity index (χ3v) is 5.00. The number of likely N-dealkylation sites (N-methyl/N-ethyl adjacent to an activating group) is 1. The van der Waals surface area contributed by atoms with E-state index in [-0.39, 0.29) is 30.8 Å². The van der Waals surface area contributed by atoms with Crippen LogP contribution in [0.1, 0.15) is 46.5 Å². The summed E-state index contributed by atoms with van der Waals surface area (Å²) in [5.41, 5.74) is -1.00. The molecule has 1 aliphatic heterocycles. The van der Waals surface area contributed by atoms with Crippen molar-refractivity contribution in [3.63, 3.8) is 0 Å². The number of rotatable bonds is 5. The number of imide groups is 1. The minimum atomic E-state index is -1.01. The number of amides is 4. The van der Waals surface area contributed by atoms with Crippen LogP contribution in [0.5, 0.6) is 0 Å². The molecule has 2 aliphatic rings. The number of hydrogen-bond acceptors (Lipinski definition) is 4. The van der Waals surface area contributed by atoms with Crippen LogP contribution in [0.15, 0.2) is 0 Å².